The molecule has 0 rings (SSSR count). The Hall–Kier alpha value is -2.16. The number of carbonyl (C=O) groups excluding carboxylic acids is 3. The van der Waals surface area contributed by atoms with E-state index in [-0.39, 0.29) is 6.42 Å². The summed E-state index contributed by atoms with van der Waals surface area (Å²) >= 11 is 0. The summed E-state index contributed by atoms with van der Waals surface area (Å²) in [7, 11) is 0. The molecule has 0 aromatic rings. The Kier molecular flexibility index (Phi) is 6.35. The minimum Gasteiger partial charge on any atom is -0.480 e. The highest BCUT2D eigenvalue weighted by molar-refractivity contribution is 5.91. The summed E-state index contributed by atoms with van der Waals surface area (Å²) in [5, 5.41) is 12.8. The van der Waals surface area contributed by atoms with Crippen LogP contribution in [0.3, 0.4) is 0 Å². The Morgan fingerprint density at radius 1 is 1.28 bits per heavy atom. The second kappa shape index (κ2) is 7.22. The summed E-state index contributed by atoms with van der Waals surface area (Å²) in [6, 6.07) is -2.19. The maximum Gasteiger partial charge on any atom is 0.325 e. The number of carboxylic acids is 1. The highest BCUT2D eigenvalue weighted by atomic mass is 16.4. The van der Waals surface area contributed by atoms with E-state index in [1.165, 1.54) is 6.92 Å². The van der Waals surface area contributed by atoms with Crippen LogP contribution in [0.2, 0.25) is 0 Å². The van der Waals surface area contributed by atoms with E-state index in [9.17, 15) is 19.2 Å². The molecule has 0 saturated carbocycles. The smallest absolute Gasteiger partial charge is 0.325 e. The van der Waals surface area contributed by atoms with Gasteiger partial charge in [-0.05, 0) is 6.92 Å². The number of nitrogens with two attached hydrogens (primary N) is 2. The van der Waals surface area contributed by atoms with E-state index in [0.29, 0.717) is 0 Å². The van der Waals surface area contributed by atoms with Crippen molar-refractivity contribution in [3.8, 4) is 0 Å². The van der Waals surface area contributed by atoms with Gasteiger partial charge in [-0.25, -0.2) is 0 Å². The molecule has 0 spiro atoms. The van der Waals surface area contributed by atoms with Gasteiger partial charge in [0.05, 0.1) is 19.0 Å². The van der Waals surface area contributed by atoms with Crippen LogP contribution in [0, 0.1) is 0 Å². The van der Waals surface area contributed by atoms with E-state index in [2.05, 4.69) is 10.6 Å². The highest BCUT2D eigenvalue weighted by Gasteiger charge is 2.18. The Balaban J connectivity index is 4.02. The number of amides is 3. The first-order valence-electron chi connectivity index (χ1n) is 5.07. The molecule has 2 unspecified atom stereocenters. The lowest BCUT2D eigenvalue weighted by Gasteiger charge is -2.12. The van der Waals surface area contributed by atoms with Crippen molar-refractivity contribution in [1.82, 2.24) is 10.6 Å². The van der Waals surface area contributed by atoms with Crippen LogP contribution in [0.4, 0.5) is 0 Å². The molecule has 0 heterocycles. The molecule has 0 aliphatic rings. The quantitative estimate of drug-likeness (QED) is 0.325. The number of hydrogen-bond acceptors (Lipinski definition) is 5. The molecule has 9 nitrogen and oxygen atoms in total. The van der Waals surface area contributed by atoms with Gasteiger partial charge in [0.15, 0.2) is 0 Å². The second-order valence-corrected chi connectivity index (χ2v) is 3.62. The highest BCUT2D eigenvalue weighted by Crippen LogP contribution is 1.87. The molecule has 9 heteroatoms. The molecular weight excluding hydrogens is 244 g/mol. The number of nitrogens with one attached hydrogen (secondary N) is 2. The van der Waals surface area contributed by atoms with Gasteiger partial charge in [0.25, 0.3) is 0 Å². The van der Waals surface area contributed by atoms with Crippen LogP contribution in [0.25, 0.3) is 0 Å². The van der Waals surface area contributed by atoms with Crippen LogP contribution in [0.5, 0.6) is 0 Å². The van der Waals surface area contributed by atoms with Crippen LogP contribution in [-0.2, 0) is 19.2 Å². The average molecular weight is 260 g/mol. The topological polar surface area (TPSA) is 165 Å². The molecule has 0 saturated heterocycles. The first-order valence-corrected chi connectivity index (χ1v) is 5.07. The van der Waals surface area contributed by atoms with Crippen LogP contribution in [0.1, 0.15) is 13.3 Å². The third-order valence-corrected chi connectivity index (χ3v) is 1.93. The van der Waals surface area contributed by atoms with E-state index in [1.54, 1.807) is 0 Å². The van der Waals surface area contributed by atoms with Gasteiger partial charge >= 0.3 is 5.97 Å². The molecule has 0 aliphatic carbocycles. The number of carboxylic acid groups (broad SMARTS) is 1. The van der Waals surface area contributed by atoms with Crippen molar-refractivity contribution in [3.05, 3.63) is 0 Å². The largest absolute Gasteiger partial charge is 0.480 e. The van der Waals surface area contributed by atoms with Gasteiger partial charge in [-0.3, -0.25) is 19.2 Å². The second-order valence-electron chi connectivity index (χ2n) is 3.62. The van der Waals surface area contributed by atoms with Gasteiger partial charge in [0, 0.05) is 0 Å². The number of hydrogen-bond donors (Lipinski definition) is 5. The fourth-order valence-electron chi connectivity index (χ4n) is 0.962. The van der Waals surface area contributed by atoms with Gasteiger partial charge in [-0.1, -0.05) is 0 Å². The minimum absolute atomic E-state index is 0.334. The summed E-state index contributed by atoms with van der Waals surface area (Å²) in [6.07, 6.45) is -0.334. The summed E-state index contributed by atoms with van der Waals surface area (Å²) in [4.78, 5) is 43.4. The molecule has 0 bridgehead atoms. The van der Waals surface area contributed by atoms with Crippen LogP contribution < -0.4 is 22.1 Å². The fraction of sp³-hybridized carbons (Fsp3) is 0.556. The van der Waals surface area contributed by atoms with Crippen LogP contribution >= 0.6 is 0 Å². The van der Waals surface area contributed by atoms with Crippen molar-refractivity contribution in [1.29, 1.82) is 0 Å². The third kappa shape index (κ3) is 6.43. The average Bonchev–Trinajstić information content (AvgIpc) is 2.24. The van der Waals surface area contributed by atoms with Gasteiger partial charge in [0.2, 0.25) is 17.7 Å². The number of rotatable bonds is 7. The first kappa shape index (κ1) is 15.8. The van der Waals surface area contributed by atoms with Crippen molar-refractivity contribution < 1.29 is 24.3 Å². The van der Waals surface area contributed by atoms with Crippen molar-refractivity contribution in [2.75, 3.05) is 6.54 Å². The zero-order valence-electron chi connectivity index (χ0n) is 9.80. The summed E-state index contributed by atoms with van der Waals surface area (Å²) < 4.78 is 0. The first-order chi connectivity index (χ1) is 8.23. The van der Waals surface area contributed by atoms with Crippen molar-refractivity contribution in [3.63, 3.8) is 0 Å². The van der Waals surface area contributed by atoms with Gasteiger partial charge in [-0.2, -0.15) is 0 Å². The summed E-state index contributed by atoms with van der Waals surface area (Å²) in [5.74, 6) is -3.32. The summed E-state index contributed by atoms with van der Waals surface area (Å²) in [5.41, 5.74) is 10.2. The normalized spacial score (nSPS) is 13.2. The molecule has 0 aliphatic heterocycles. The van der Waals surface area contributed by atoms with Crippen molar-refractivity contribution in [2.24, 2.45) is 11.5 Å². The monoisotopic (exact) mass is 260 g/mol. The molecule has 0 fully saturated rings. The van der Waals surface area contributed by atoms with Gasteiger partial charge in [-0.15, -0.1) is 0 Å². The summed E-state index contributed by atoms with van der Waals surface area (Å²) in [6.45, 7) is 0.851. The Bertz CT molecular complexity index is 357. The Labute approximate surface area is 103 Å². The van der Waals surface area contributed by atoms with Crippen molar-refractivity contribution >= 4 is 23.7 Å². The zero-order valence-corrected chi connectivity index (χ0v) is 9.80. The van der Waals surface area contributed by atoms with Crippen molar-refractivity contribution in [2.45, 2.75) is 25.4 Å². The molecule has 18 heavy (non-hydrogen) atoms. The van der Waals surface area contributed by atoms with E-state index in [4.69, 9.17) is 16.6 Å². The third-order valence-electron chi connectivity index (χ3n) is 1.93. The predicted octanol–water partition coefficient (Wildman–Crippen LogP) is -3.11. The Morgan fingerprint density at radius 2 is 1.83 bits per heavy atom. The molecule has 7 N–H and O–H groups in total. The lowest BCUT2D eigenvalue weighted by Crippen LogP contribution is -2.48. The molecule has 3 amide bonds. The zero-order chi connectivity index (χ0) is 14.3. The molecule has 0 aromatic carbocycles. The predicted molar refractivity (Wildman–Crippen MR) is 60.0 cm³/mol. The van der Waals surface area contributed by atoms with E-state index in [0.717, 1.165) is 0 Å². The standard InChI is InChI=1S/C9H16N4O5/c1-4(9(17)18)13-7(15)3-12-8(16)5(10)2-6(11)14/h4-5H,2-3,10H2,1H3,(H2,11,14)(H,12,16)(H,13,15)(H,17,18). The SMILES string of the molecule is CC(NC(=O)CNC(=O)C(N)CC(N)=O)C(=O)O. The van der Waals surface area contributed by atoms with E-state index >= 15 is 0 Å². The molecule has 2 atom stereocenters. The van der Waals surface area contributed by atoms with Gasteiger partial charge in [0.1, 0.15) is 6.04 Å². The number of aliphatic carboxylic acids is 1. The maximum atomic E-state index is 11.3. The minimum atomic E-state index is -1.19. The maximum absolute atomic E-state index is 11.3. The Morgan fingerprint density at radius 3 is 2.28 bits per heavy atom. The van der Waals surface area contributed by atoms with E-state index < -0.39 is 42.3 Å². The molecule has 102 valence electrons. The lowest BCUT2D eigenvalue weighted by atomic mass is 10.2. The van der Waals surface area contributed by atoms with Crippen LogP contribution in [0.15, 0.2) is 0 Å². The van der Waals surface area contributed by atoms with Crippen LogP contribution in [-0.4, -0.2) is 47.4 Å². The molecule has 0 radical (unpaired) electrons. The fourth-order valence-corrected chi connectivity index (χ4v) is 0.962. The lowest BCUT2D eigenvalue weighted by molar-refractivity contribution is -0.141. The van der Waals surface area contributed by atoms with E-state index in [1.807, 2.05) is 0 Å². The number of carbonyl (C=O) groups is 4. The molecule has 0 aromatic heterocycles. The van der Waals surface area contributed by atoms with Gasteiger partial charge < -0.3 is 27.2 Å². The number of primary amides is 1. The molecular formula is C9H16N4O5.